The van der Waals surface area contributed by atoms with E-state index in [-0.39, 0.29) is 12.1 Å². The zero-order chi connectivity index (χ0) is 22.6. The van der Waals surface area contributed by atoms with Crippen molar-refractivity contribution in [3.8, 4) is 0 Å². The number of nitrogens with zero attached hydrogens (tertiary/aromatic N) is 4. The van der Waals surface area contributed by atoms with Crippen molar-refractivity contribution in [3.63, 3.8) is 0 Å². The predicted octanol–water partition coefficient (Wildman–Crippen LogP) is 2.98. The number of fused-ring (bicyclic) bond motifs is 2. The molecule has 2 aliphatic carbocycles. The first-order chi connectivity index (χ1) is 15.2. The highest BCUT2D eigenvalue weighted by Crippen LogP contribution is 2.39. The number of nitrogens with one attached hydrogen (secondary N) is 1. The van der Waals surface area contributed by atoms with Gasteiger partial charge in [0.2, 0.25) is 0 Å². The van der Waals surface area contributed by atoms with Crippen molar-refractivity contribution in [3.05, 3.63) is 52.9 Å². The number of likely N-dealkylation sites (N-methyl/N-ethyl adjacent to an activating group) is 1. The predicted molar refractivity (Wildman–Crippen MR) is 121 cm³/mol. The standard InChI is InChI=1S/C21H24ClN5O4S/c1-26(32(29,30)31)18-9-12(10-19(18)28)27-8-7-15-20(23-11-24-21(15)27)25-17-6-5-13-14(17)3-2-4-16(13)22/h2-4,7-8,11-12,17-19,28H,5-6,9-10H2,1H3,(H,23,24,25)(H,29,30,31)/t12-,17-,18+,19+/m1/s1. The van der Waals surface area contributed by atoms with E-state index in [1.165, 1.54) is 24.5 Å². The van der Waals surface area contributed by atoms with Gasteiger partial charge in [-0.1, -0.05) is 23.7 Å². The summed E-state index contributed by atoms with van der Waals surface area (Å²) >= 11 is 6.35. The molecule has 0 saturated heterocycles. The summed E-state index contributed by atoms with van der Waals surface area (Å²) < 4.78 is 35.2. The average molecular weight is 478 g/mol. The molecule has 0 aliphatic heterocycles. The number of halogens is 1. The van der Waals surface area contributed by atoms with Gasteiger partial charge >= 0.3 is 10.3 Å². The highest BCUT2D eigenvalue weighted by atomic mass is 35.5. The number of rotatable bonds is 5. The molecule has 11 heteroatoms. The molecule has 3 N–H and O–H groups in total. The molecule has 0 spiro atoms. The van der Waals surface area contributed by atoms with Gasteiger partial charge in [-0.05, 0) is 48.9 Å². The lowest BCUT2D eigenvalue weighted by Crippen LogP contribution is -2.41. The van der Waals surface area contributed by atoms with E-state index in [4.69, 9.17) is 11.6 Å². The fraction of sp³-hybridized carbons (Fsp3) is 0.429. The maximum Gasteiger partial charge on any atom is 0.335 e. The minimum absolute atomic E-state index is 0.103. The monoisotopic (exact) mass is 477 g/mol. The Morgan fingerprint density at radius 1 is 1.25 bits per heavy atom. The summed E-state index contributed by atoms with van der Waals surface area (Å²) in [6.07, 6.45) is 5.05. The number of aliphatic hydroxyl groups is 1. The van der Waals surface area contributed by atoms with Gasteiger partial charge in [-0.25, -0.2) is 9.97 Å². The molecule has 2 heterocycles. The Balaban J connectivity index is 1.42. The van der Waals surface area contributed by atoms with Gasteiger partial charge in [0.15, 0.2) is 0 Å². The van der Waals surface area contributed by atoms with E-state index in [0.717, 1.165) is 33.4 Å². The summed E-state index contributed by atoms with van der Waals surface area (Å²) in [5.74, 6) is 0.719. The third-order valence-corrected chi connectivity index (χ3v) is 8.08. The fourth-order valence-electron chi connectivity index (χ4n) is 5.06. The minimum Gasteiger partial charge on any atom is -0.391 e. The van der Waals surface area contributed by atoms with Crippen molar-refractivity contribution in [2.24, 2.45) is 0 Å². The first kappa shape index (κ1) is 21.6. The van der Waals surface area contributed by atoms with Crippen LogP contribution in [-0.2, 0) is 16.7 Å². The quantitative estimate of drug-likeness (QED) is 0.483. The SMILES string of the molecule is CN([C@H]1C[C@@H](n2ccc3c(N[C@@H]4CCc5c(Cl)cccc54)ncnc32)C[C@@H]1O)S(=O)(=O)O. The van der Waals surface area contributed by atoms with E-state index in [2.05, 4.69) is 21.4 Å². The average Bonchev–Trinajstić information content (AvgIpc) is 3.45. The molecule has 170 valence electrons. The van der Waals surface area contributed by atoms with Crippen LogP contribution in [0.15, 0.2) is 36.8 Å². The highest BCUT2D eigenvalue weighted by molar-refractivity contribution is 7.83. The highest BCUT2D eigenvalue weighted by Gasteiger charge is 2.40. The number of aliphatic hydroxyl groups excluding tert-OH is 1. The number of hydrogen-bond acceptors (Lipinski definition) is 6. The van der Waals surface area contributed by atoms with Crippen molar-refractivity contribution in [2.45, 2.75) is 49.9 Å². The van der Waals surface area contributed by atoms with Crippen LogP contribution < -0.4 is 5.32 Å². The zero-order valence-electron chi connectivity index (χ0n) is 17.4. The molecule has 5 rings (SSSR count). The molecule has 1 saturated carbocycles. The molecule has 32 heavy (non-hydrogen) atoms. The van der Waals surface area contributed by atoms with Gasteiger partial charge in [-0.15, -0.1) is 0 Å². The smallest absolute Gasteiger partial charge is 0.335 e. The zero-order valence-corrected chi connectivity index (χ0v) is 19.0. The maximum absolute atomic E-state index is 11.5. The van der Waals surface area contributed by atoms with Crippen LogP contribution in [0.25, 0.3) is 11.0 Å². The van der Waals surface area contributed by atoms with E-state index in [1.54, 1.807) is 0 Å². The summed E-state index contributed by atoms with van der Waals surface area (Å²) in [7, 11) is -3.11. The van der Waals surface area contributed by atoms with Crippen molar-refractivity contribution in [2.75, 3.05) is 12.4 Å². The Hall–Kier alpha value is -2.24. The molecule has 1 fully saturated rings. The summed E-state index contributed by atoms with van der Waals surface area (Å²) in [6.45, 7) is 0. The Morgan fingerprint density at radius 2 is 2.06 bits per heavy atom. The number of aromatic nitrogens is 3. The van der Waals surface area contributed by atoms with Gasteiger partial charge in [0.25, 0.3) is 0 Å². The van der Waals surface area contributed by atoms with Crippen LogP contribution in [0.1, 0.15) is 42.5 Å². The lowest BCUT2D eigenvalue weighted by atomic mass is 10.1. The van der Waals surface area contributed by atoms with Crippen molar-refractivity contribution in [1.29, 1.82) is 0 Å². The summed E-state index contributed by atoms with van der Waals surface area (Å²) in [6, 6.07) is 7.12. The lowest BCUT2D eigenvalue weighted by Gasteiger charge is -2.23. The molecule has 0 unspecified atom stereocenters. The molecule has 0 radical (unpaired) electrons. The second kappa shape index (κ2) is 7.96. The normalized spacial score (nSPS) is 25.5. The summed E-state index contributed by atoms with van der Waals surface area (Å²) in [5, 5.41) is 15.6. The van der Waals surface area contributed by atoms with Gasteiger partial charge in [-0.2, -0.15) is 12.7 Å². The summed E-state index contributed by atoms with van der Waals surface area (Å²) in [5.41, 5.74) is 3.06. The third-order valence-electron chi connectivity index (χ3n) is 6.73. The van der Waals surface area contributed by atoms with Crippen LogP contribution in [0.5, 0.6) is 0 Å². The topological polar surface area (TPSA) is 121 Å². The number of anilines is 1. The van der Waals surface area contributed by atoms with Crippen LogP contribution in [-0.4, -0.2) is 56.1 Å². The number of hydrogen-bond donors (Lipinski definition) is 3. The molecular formula is C21H24ClN5O4S. The molecule has 3 aromatic rings. The first-order valence-corrected chi connectivity index (χ1v) is 12.3. The fourth-order valence-corrected chi connectivity index (χ4v) is 5.91. The largest absolute Gasteiger partial charge is 0.391 e. The van der Waals surface area contributed by atoms with E-state index < -0.39 is 22.4 Å². The second-order valence-electron chi connectivity index (χ2n) is 8.48. The Kier molecular flexibility index (Phi) is 5.37. The first-order valence-electron chi connectivity index (χ1n) is 10.5. The van der Waals surface area contributed by atoms with Crippen molar-refractivity contribution < 1.29 is 18.1 Å². The van der Waals surface area contributed by atoms with Gasteiger partial charge in [0, 0.05) is 24.3 Å². The molecule has 2 aliphatic rings. The van der Waals surface area contributed by atoms with Crippen molar-refractivity contribution >= 4 is 38.8 Å². The van der Waals surface area contributed by atoms with Crippen molar-refractivity contribution in [1.82, 2.24) is 18.8 Å². The van der Waals surface area contributed by atoms with Crippen LogP contribution >= 0.6 is 11.6 Å². The maximum atomic E-state index is 11.5. The van der Waals surface area contributed by atoms with Crippen LogP contribution in [0.3, 0.4) is 0 Å². The molecular weight excluding hydrogens is 454 g/mol. The molecule has 2 aromatic heterocycles. The van der Waals surface area contributed by atoms with Gasteiger partial charge in [0.05, 0.1) is 23.6 Å². The second-order valence-corrected chi connectivity index (χ2v) is 10.4. The molecule has 9 nitrogen and oxygen atoms in total. The van der Waals surface area contributed by atoms with E-state index in [9.17, 15) is 18.1 Å². The van der Waals surface area contributed by atoms with Crippen LogP contribution in [0.4, 0.5) is 5.82 Å². The van der Waals surface area contributed by atoms with Crippen LogP contribution in [0, 0.1) is 0 Å². The summed E-state index contributed by atoms with van der Waals surface area (Å²) in [4.78, 5) is 8.91. The third kappa shape index (κ3) is 3.65. The van der Waals surface area contributed by atoms with E-state index in [1.807, 2.05) is 29.0 Å². The molecule has 1 aromatic carbocycles. The minimum atomic E-state index is -4.38. The lowest BCUT2D eigenvalue weighted by molar-refractivity contribution is 0.117. The molecule has 0 amide bonds. The van der Waals surface area contributed by atoms with E-state index >= 15 is 0 Å². The van der Waals surface area contributed by atoms with E-state index in [0.29, 0.717) is 18.5 Å². The molecule has 4 atom stereocenters. The Bertz CT molecular complexity index is 1280. The molecule has 0 bridgehead atoms. The van der Waals surface area contributed by atoms with Gasteiger partial charge in [0.1, 0.15) is 17.8 Å². The number of benzene rings is 1. The Labute approximate surface area is 190 Å². The van der Waals surface area contributed by atoms with Crippen LogP contribution in [0.2, 0.25) is 5.02 Å². The van der Waals surface area contributed by atoms with Gasteiger partial charge < -0.3 is 15.0 Å². The van der Waals surface area contributed by atoms with Gasteiger partial charge in [-0.3, -0.25) is 4.55 Å². The Morgan fingerprint density at radius 3 is 2.84 bits per heavy atom.